The van der Waals surface area contributed by atoms with Crippen molar-refractivity contribution >= 4 is 44.0 Å². The maximum Gasteiger partial charge on any atom is 0.0544 e. The van der Waals surface area contributed by atoms with Gasteiger partial charge in [-0.2, -0.15) is 0 Å². The number of benzene rings is 7. The van der Waals surface area contributed by atoms with E-state index >= 15 is 0 Å². The van der Waals surface area contributed by atoms with E-state index in [0.29, 0.717) is 0 Å². The van der Waals surface area contributed by atoms with Gasteiger partial charge >= 0.3 is 0 Å². The molecule has 2 N–H and O–H groups in total. The molecule has 2 heteroatoms. The second-order valence-corrected chi connectivity index (χ2v) is 10.8. The molecular weight excluding hydrogens is 508 g/mol. The van der Waals surface area contributed by atoms with Crippen molar-refractivity contribution in [2.75, 3.05) is 5.32 Å². The van der Waals surface area contributed by atoms with Crippen LogP contribution in [0, 0.1) is 0 Å². The molecule has 2 nitrogen and oxygen atoms in total. The van der Waals surface area contributed by atoms with Crippen molar-refractivity contribution in [2.45, 2.75) is 0 Å². The van der Waals surface area contributed by atoms with Crippen LogP contribution in [0.4, 0.5) is 11.4 Å². The van der Waals surface area contributed by atoms with Gasteiger partial charge in [0.05, 0.1) is 5.52 Å². The number of para-hydroxylation sites is 3. The van der Waals surface area contributed by atoms with Crippen molar-refractivity contribution in [1.29, 1.82) is 0 Å². The van der Waals surface area contributed by atoms with Crippen LogP contribution in [0.25, 0.3) is 66.0 Å². The van der Waals surface area contributed by atoms with Gasteiger partial charge in [0.15, 0.2) is 0 Å². The molecule has 1 heterocycles. The number of rotatable bonds is 5. The topological polar surface area (TPSA) is 27.8 Å². The molecule has 0 radical (unpaired) electrons. The Morgan fingerprint density at radius 1 is 0.381 bits per heavy atom. The molecule has 0 saturated heterocycles. The molecule has 8 aromatic rings. The van der Waals surface area contributed by atoms with Crippen LogP contribution in [0.2, 0.25) is 0 Å². The molecule has 0 aliphatic rings. The summed E-state index contributed by atoms with van der Waals surface area (Å²) < 4.78 is 0. The Hall–Kier alpha value is -5.60. The van der Waals surface area contributed by atoms with Crippen molar-refractivity contribution in [3.63, 3.8) is 0 Å². The minimum atomic E-state index is 1.06. The van der Waals surface area contributed by atoms with Gasteiger partial charge in [0.25, 0.3) is 0 Å². The van der Waals surface area contributed by atoms with Crippen molar-refractivity contribution in [3.8, 4) is 33.4 Å². The summed E-state index contributed by atoms with van der Waals surface area (Å²) in [5, 5.41) is 8.70. The van der Waals surface area contributed by atoms with Crippen LogP contribution in [-0.4, -0.2) is 4.98 Å². The van der Waals surface area contributed by atoms with Gasteiger partial charge in [0, 0.05) is 38.8 Å². The fourth-order valence-electron chi connectivity index (χ4n) is 6.14. The SMILES string of the molecule is c1ccc(-c2cccc3ccccc23)c(Nc2ccc(-c3ccc(-c4cccc5c4[nH]c4ccccc45)cc3)cc2)c1. The molecule has 0 saturated carbocycles. The van der Waals surface area contributed by atoms with E-state index in [4.69, 9.17) is 0 Å². The number of aromatic amines is 1. The Bertz CT molecular complexity index is 2200. The normalized spacial score (nSPS) is 11.3. The molecule has 0 atom stereocenters. The molecule has 0 unspecified atom stereocenters. The molecule has 198 valence electrons. The molecule has 0 amide bonds. The zero-order chi connectivity index (χ0) is 27.9. The summed E-state index contributed by atoms with van der Waals surface area (Å²) in [5.41, 5.74) is 11.8. The highest BCUT2D eigenvalue weighted by Gasteiger charge is 2.11. The minimum absolute atomic E-state index is 1.06. The molecule has 0 fully saturated rings. The van der Waals surface area contributed by atoms with Crippen LogP contribution in [0.3, 0.4) is 0 Å². The van der Waals surface area contributed by atoms with E-state index in [1.54, 1.807) is 0 Å². The average molecular weight is 537 g/mol. The lowest BCUT2D eigenvalue weighted by Crippen LogP contribution is -1.94. The first-order chi connectivity index (χ1) is 20.8. The second kappa shape index (κ2) is 10.1. The summed E-state index contributed by atoms with van der Waals surface area (Å²) in [6.45, 7) is 0. The number of anilines is 2. The first kappa shape index (κ1) is 24.2. The molecule has 1 aromatic heterocycles. The molecule has 8 rings (SSSR count). The van der Waals surface area contributed by atoms with E-state index in [1.165, 1.54) is 66.0 Å². The van der Waals surface area contributed by atoms with Crippen molar-refractivity contribution in [2.24, 2.45) is 0 Å². The Morgan fingerprint density at radius 2 is 0.952 bits per heavy atom. The highest BCUT2D eigenvalue weighted by Crippen LogP contribution is 2.36. The number of aromatic nitrogens is 1. The van der Waals surface area contributed by atoms with Gasteiger partial charge in [-0.05, 0) is 57.3 Å². The summed E-state index contributed by atoms with van der Waals surface area (Å²) in [4.78, 5) is 3.63. The summed E-state index contributed by atoms with van der Waals surface area (Å²) in [7, 11) is 0. The fourth-order valence-corrected chi connectivity index (χ4v) is 6.14. The number of hydrogen-bond donors (Lipinski definition) is 2. The molecule has 0 aliphatic heterocycles. The average Bonchev–Trinajstić information content (AvgIpc) is 3.44. The summed E-state index contributed by atoms with van der Waals surface area (Å²) in [6, 6.07) is 56.2. The maximum absolute atomic E-state index is 3.67. The maximum atomic E-state index is 3.67. The third-order valence-electron chi connectivity index (χ3n) is 8.24. The monoisotopic (exact) mass is 536 g/mol. The minimum Gasteiger partial charge on any atom is -0.355 e. The van der Waals surface area contributed by atoms with E-state index in [9.17, 15) is 0 Å². The Kier molecular flexibility index (Phi) is 5.82. The molecule has 0 aliphatic carbocycles. The number of fused-ring (bicyclic) bond motifs is 4. The van der Waals surface area contributed by atoms with Crippen LogP contribution in [0.5, 0.6) is 0 Å². The number of H-pyrrole nitrogens is 1. The molecule has 42 heavy (non-hydrogen) atoms. The van der Waals surface area contributed by atoms with E-state index in [0.717, 1.165) is 11.4 Å². The lowest BCUT2D eigenvalue weighted by molar-refractivity contribution is 1.52. The van der Waals surface area contributed by atoms with Crippen molar-refractivity contribution in [3.05, 3.63) is 158 Å². The zero-order valence-electron chi connectivity index (χ0n) is 23.0. The summed E-state index contributed by atoms with van der Waals surface area (Å²) in [6.07, 6.45) is 0. The van der Waals surface area contributed by atoms with Crippen LogP contribution < -0.4 is 5.32 Å². The molecule has 0 bridgehead atoms. The number of hydrogen-bond acceptors (Lipinski definition) is 1. The Balaban J connectivity index is 1.07. The summed E-state index contributed by atoms with van der Waals surface area (Å²) >= 11 is 0. The largest absolute Gasteiger partial charge is 0.355 e. The highest BCUT2D eigenvalue weighted by molar-refractivity contribution is 6.11. The predicted octanol–water partition coefficient (Wildman–Crippen LogP) is 11.2. The van der Waals surface area contributed by atoms with Crippen LogP contribution in [0.15, 0.2) is 158 Å². The van der Waals surface area contributed by atoms with E-state index < -0.39 is 0 Å². The van der Waals surface area contributed by atoms with E-state index in [-0.39, 0.29) is 0 Å². The van der Waals surface area contributed by atoms with Gasteiger partial charge in [-0.25, -0.2) is 0 Å². The first-order valence-corrected chi connectivity index (χ1v) is 14.4. The second-order valence-electron chi connectivity index (χ2n) is 10.8. The molecule has 7 aromatic carbocycles. The highest BCUT2D eigenvalue weighted by atomic mass is 14.9. The van der Waals surface area contributed by atoms with E-state index in [2.05, 4.69) is 168 Å². The first-order valence-electron chi connectivity index (χ1n) is 14.4. The van der Waals surface area contributed by atoms with Crippen LogP contribution >= 0.6 is 0 Å². The Morgan fingerprint density at radius 3 is 1.81 bits per heavy atom. The summed E-state index contributed by atoms with van der Waals surface area (Å²) in [5.74, 6) is 0. The third kappa shape index (κ3) is 4.22. The lowest BCUT2D eigenvalue weighted by Gasteiger charge is -2.15. The van der Waals surface area contributed by atoms with Crippen LogP contribution in [-0.2, 0) is 0 Å². The van der Waals surface area contributed by atoms with Crippen molar-refractivity contribution < 1.29 is 0 Å². The molecular formula is C40H28N2. The predicted molar refractivity (Wildman–Crippen MR) is 179 cm³/mol. The van der Waals surface area contributed by atoms with Crippen molar-refractivity contribution in [1.82, 2.24) is 4.98 Å². The van der Waals surface area contributed by atoms with Gasteiger partial charge < -0.3 is 10.3 Å². The van der Waals surface area contributed by atoms with Gasteiger partial charge in [0.1, 0.15) is 0 Å². The quantitative estimate of drug-likeness (QED) is 0.225. The fraction of sp³-hybridized carbons (Fsp3) is 0. The third-order valence-corrected chi connectivity index (χ3v) is 8.24. The standard InChI is InChI=1S/C40H28N2/c1-2-11-32-29(9-1)10-7-15-34(32)35-12-3-5-17-38(35)41-31-25-23-28(24-26-31)27-19-21-30(22-20-27)33-14-8-16-37-36-13-4-6-18-39(36)42-40(33)37/h1-26,41-42H. The van der Waals surface area contributed by atoms with Crippen LogP contribution in [0.1, 0.15) is 0 Å². The number of nitrogens with one attached hydrogen (secondary N) is 2. The van der Waals surface area contributed by atoms with E-state index in [1.807, 2.05) is 0 Å². The Labute approximate surface area is 244 Å². The smallest absolute Gasteiger partial charge is 0.0544 e. The molecule has 0 spiro atoms. The van der Waals surface area contributed by atoms with Gasteiger partial charge in [-0.3, -0.25) is 0 Å². The van der Waals surface area contributed by atoms with Gasteiger partial charge in [-0.1, -0.05) is 133 Å². The lowest BCUT2D eigenvalue weighted by atomic mass is 9.97. The van der Waals surface area contributed by atoms with Gasteiger partial charge in [0.2, 0.25) is 0 Å². The van der Waals surface area contributed by atoms with Gasteiger partial charge in [-0.15, -0.1) is 0 Å². The zero-order valence-corrected chi connectivity index (χ0v) is 23.0.